The van der Waals surface area contributed by atoms with Gasteiger partial charge in [-0.1, -0.05) is 62.4 Å². The quantitative estimate of drug-likeness (QED) is 0.247. The summed E-state index contributed by atoms with van der Waals surface area (Å²) in [5.41, 5.74) is 1.41. The summed E-state index contributed by atoms with van der Waals surface area (Å²) in [7, 11) is 1.48. The van der Waals surface area contributed by atoms with Crippen LogP contribution in [-0.4, -0.2) is 113 Å². The SMILES string of the molecule is COCCN1CC(=O)N[C@@H](Cc2ccccc2)C(=O)N[C@@H]2CN(C(=O)c3nc4ccccn4c3F)C[C@H]2c2cccc(c2)OCC(=O)N[C@H](CC(C)C)C1=O. The number of rotatable bonds is 8. The van der Waals surface area contributed by atoms with E-state index in [9.17, 15) is 24.0 Å². The summed E-state index contributed by atoms with van der Waals surface area (Å²) in [5.74, 6) is -3.64. The van der Waals surface area contributed by atoms with Gasteiger partial charge in [0.05, 0.1) is 19.2 Å². The molecule has 5 amide bonds. The van der Waals surface area contributed by atoms with Gasteiger partial charge in [-0.3, -0.25) is 28.4 Å². The Hall–Kier alpha value is -5.83. The first-order valence-electron chi connectivity index (χ1n) is 18.4. The number of aromatic nitrogens is 2. The molecule has 0 aliphatic carbocycles. The number of amides is 5. The van der Waals surface area contributed by atoms with E-state index < -0.39 is 72.7 Å². The summed E-state index contributed by atoms with van der Waals surface area (Å²) >= 11 is 0. The first-order chi connectivity index (χ1) is 26.5. The number of ether oxygens (including phenoxy) is 2. The third-order valence-corrected chi connectivity index (χ3v) is 9.75. The van der Waals surface area contributed by atoms with Crippen LogP contribution in [0, 0.1) is 11.9 Å². The Morgan fingerprint density at radius 1 is 0.945 bits per heavy atom. The standard InChI is InChI=1S/C40H46FN7O7/c1-25(2)18-31-39(52)46(16-17-54-3)23-34(49)42-30(19-26-10-5-4-6-11-26)38(51)44-32-22-47(40(53)36-37(41)48-15-8-7-14-33(48)45-36)21-29(32)27-12-9-13-28(20-27)55-24-35(50)43-31/h4-15,20,25,29-32H,16-19,21-24H2,1-3H3,(H,42,49)(H,43,50)(H,44,51)/t29-,30-,31+,32+/m0/s1. The molecule has 4 heterocycles. The lowest BCUT2D eigenvalue weighted by atomic mass is 9.93. The second-order valence-corrected chi connectivity index (χ2v) is 14.3. The van der Waals surface area contributed by atoms with Crippen molar-refractivity contribution in [2.45, 2.75) is 50.7 Å². The van der Waals surface area contributed by atoms with Crippen molar-refractivity contribution < 1.29 is 37.8 Å². The highest BCUT2D eigenvalue weighted by molar-refractivity contribution is 5.94. The van der Waals surface area contributed by atoms with E-state index in [0.29, 0.717) is 17.7 Å². The molecular weight excluding hydrogens is 709 g/mol. The van der Waals surface area contributed by atoms with Crippen molar-refractivity contribution in [2.75, 3.05) is 46.5 Å². The Balaban J connectivity index is 1.35. The third-order valence-electron chi connectivity index (χ3n) is 9.75. The normalized spacial score (nSPS) is 21.3. The summed E-state index contributed by atoms with van der Waals surface area (Å²) < 4.78 is 27.8. The zero-order valence-corrected chi connectivity index (χ0v) is 31.1. The largest absolute Gasteiger partial charge is 0.484 e. The van der Waals surface area contributed by atoms with Crippen LogP contribution in [0.25, 0.3) is 5.65 Å². The van der Waals surface area contributed by atoms with E-state index in [2.05, 4.69) is 20.9 Å². The number of nitrogens with one attached hydrogen (secondary N) is 3. The van der Waals surface area contributed by atoms with Crippen LogP contribution in [-0.2, 0) is 30.3 Å². The lowest BCUT2D eigenvalue weighted by Crippen LogP contribution is -2.56. The van der Waals surface area contributed by atoms with Crippen molar-refractivity contribution in [3.63, 3.8) is 0 Å². The number of benzene rings is 2. The number of halogens is 1. The molecule has 1 saturated heterocycles. The molecule has 6 rings (SSSR count). The number of hydrogen-bond donors (Lipinski definition) is 3. The van der Waals surface area contributed by atoms with Crippen LogP contribution in [0.1, 0.15) is 47.8 Å². The molecule has 0 radical (unpaired) electrons. The maximum Gasteiger partial charge on any atom is 0.277 e. The van der Waals surface area contributed by atoms with E-state index in [-0.39, 0.29) is 49.9 Å². The molecule has 2 aliphatic rings. The highest BCUT2D eigenvalue weighted by Gasteiger charge is 2.40. The molecule has 2 aromatic heterocycles. The number of nitrogens with zero attached hydrogens (tertiary/aromatic N) is 4. The van der Waals surface area contributed by atoms with Gasteiger partial charge in [-0.05, 0) is 47.7 Å². The van der Waals surface area contributed by atoms with E-state index in [1.807, 2.05) is 50.2 Å². The number of hydrogen-bond acceptors (Lipinski definition) is 8. The van der Waals surface area contributed by atoms with Crippen LogP contribution in [0.5, 0.6) is 5.75 Å². The molecule has 0 unspecified atom stereocenters. The van der Waals surface area contributed by atoms with Crippen molar-refractivity contribution in [2.24, 2.45) is 5.92 Å². The summed E-state index contributed by atoms with van der Waals surface area (Å²) in [4.78, 5) is 76.1. The lowest BCUT2D eigenvalue weighted by Gasteiger charge is -2.29. The fraction of sp³-hybridized carbons (Fsp3) is 0.400. The van der Waals surface area contributed by atoms with E-state index in [0.717, 1.165) is 5.56 Å². The minimum Gasteiger partial charge on any atom is -0.484 e. The topological polar surface area (TPSA) is 164 Å². The minimum atomic E-state index is -1.07. The molecule has 1 fully saturated rings. The van der Waals surface area contributed by atoms with Crippen LogP contribution in [0.3, 0.4) is 0 Å². The number of imidazole rings is 1. The summed E-state index contributed by atoms with van der Waals surface area (Å²) in [5, 5.41) is 8.71. The lowest BCUT2D eigenvalue weighted by molar-refractivity contribution is -0.141. The molecular formula is C40H46FN7O7. The van der Waals surface area contributed by atoms with Crippen LogP contribution in [0.15, 0.2) is 79.0 Å². The zero-order chi connectivity index (χ0) is 39.1. The average molecular weight is 756 g/mol. The monoisotopic (exact) mass is 755 g/mol. The summed E-state index contributed by atoms with van der Waals surface area (Å²) in [6, 6.07) is 18.4. The van der Waals surface area contributed by atoms with Gasteiger partial charge in [-0.2, -0.15) is 4.39 Å². The van der Waals surface area contributed by atoms with Crippen molar-refractivity contribution in [3.05, 3.63) is 102 Å². The van der Waals surface area contributed by atoms with Gasteiger partial charge in [0, 0.05) is 45.3 Å². The molecule has 3 N–H and O–H groups in total. The Morgan fingerprint density at radius 2 is 1.71 bits per heavy atom. The molecule has 2 aromatic carbocycles. The van der Waals surface area contributed by atoms with Gasteiger partial charge in [-0.15, -0.1) is 0 Å². The highest BCUT2D eigenvalue weighted by atomic mass is 19.1. The molecule has 55 heavy (non-hydrogen) atoms. The van der Waals surface area contributed by atoms with E-state index >= 15 is 4.39 Å². The Morgan fingerprint density at radius 3 is 2.45 bits per heavy atom. The van der Waals surface area contributed by atoms with E-state index in [4.69, 9.17) is 9.47 Å². The van der Waals surface area contributed by atoms with Gasteiger partial charge >= 0.3 is 0 Å². The number of carbonyl (C=O) groups excluding carboxylic acids is 5. The van der Waals surface area contributed by atoms with E-state index in [1.54, 1.807) is 36.4 Å². The Kier molecular flexibility index (Phi) is 12.4. The molecule has 15 heteroatoms. The second kappa shape index (κ2) is 17.5. The minimum absolute atomic E-state index is 0.0125. The average Bonchev–Trinajstić information content (AvgIpc) is 3.75. The Bertz CT molecular complexity index is 2020. The van der Waals surface area contributed by atoms with Crippen LogP contribution >= 0.6 is 0 Å². The zero-order valence-electron chi connectivity index (χ0n) is 31.1. The Labute approximate surface area is 318 Å². The number of pyridine rings is 1. The number of carbonyl (C=O) groups is 5. The maximum atomic E-state index is 15.5. The summed E-state index contributed by atoms with van der Waals surface area (Å²) in [6.45, 7) is 3.36. The van der Waals surface area contributed by atoms with Crippen molar-refractivity contribution in [3.8, 4) is 5.75 Å². The van der Waals surface area contributed by atoms with Gasteiger partial charge in [0.2, 0.25) is 23.7 Å². The molecule has 4 atom stereocenters. The van der Waals surface area contributed by atoms with Crippen LogP contribution in [0.4, 0.5) is 4.39 Å². The van der Waals surface area contributed by atoms with Gasteiger partial charge in [0.15, 0.2) is 12.3 Å². The van der Waals surface area contributed by atoms with E-state index in [1.165, 1.54) is 27.5 Å². The molecule has 14 nitrogen and oxygen atoms in total. The van der Waals surface area contributed by atoms with Crippen molar-refractivity contribution >= 4 is 35.2 Å². The van der Waals surface area contributed by atoms with Gasteiger partial charge in [0.1, 0.15) is 23.5 Å². The second-order valence-electron chi connectivity index (χ2n) is 14.3. The van der Waals surface area contributed by atoms with Crippen molar-refractivity contribution in [1.82, 2.24) is 35.1 Å². The third kappa shape index (κ3) is 9.46. The highest BCUT2D eigenvalue weighted by Crippen LogP contribution is 2.31. The van der Waals surface area contributed by atoms with Crippen molar-refractivity contribution in [1.29, 1.82) is 0 Å². The fourth-order valence-electron chi connectivity index (χ4n) is 7.06. The van der Waals surface area contributed by atoms with Gasteiger partial charge in [0.25, 0.3) is 11.8 Å². The molecule has 0 saturated carbocycles. The number of likely N-dealkylation sites (tertiary alicyclic amines) is 1. The fourth-order valence-corrected chi connectivity index (χ4v) is 7.06. The number of methoxy groups -OCH3 is 1. The van der Waals surface area contributed by atoms with Gasteiger partial charge in [-0.25, -0.2) is 4.98 Å². The molecule has 2 bridgehead atoms. The first kappa shape index (κ1) is 38.9. The molecule has 4 aromatic rings. The van der Waals surface area contributed by atoms with Gasteiger partial charge < -0.3 is 35.2 Å². The summed E-state index contributed by atoms with van der Waals surface area (Å²) in [6.07, 6.45) is 1.92. The van der Waals surface area contributed by atoms with Crippen LogP contribution in [0.2, 0.25) is 0 Å². The van der Waals surface area contributed by atoms with Crippen LogP contribution < -0.4 is 20.7 Å². The first-order valence-corrected chi connectivity index (χ1v) is 18.4. The maximum absolute atomic E-state index is 15.5. The predicted octanol–water partition coefficient (Wildman–Crippen LogP) is 2.32. The molecule has 0 spiro atoms. The smallest absolute Gasteiger partial charge is 0.277 e. The molecule has 290 valence electrons. The number of fused-ring (bicyclic) bond motifs is 5. The molecule has 2 aliphatic heterocycles. The predicted molar refractivity (Wildman–Crippen MR) is 200 cm³/mol.